The summed E-state index contributed by atoms with van der Waals surface area (Å²) < 4.78 is 65.5. The Morgan fingerprint density at radius 3 is 2.21 bits per heavy atom. The lowest BCUT2D eigenvalue weighted by atomic mass is 9.51. The Hall–Kier alpha value is -2.70. The maximum Gasteiger partial charge on any atom is 0.394 e. The fraction of sp³-hybridized carbons (Fsp3) is 0.581. The van der Waals surface area contributed by atoms with E-state index in [0.29, 0.717) is 62.1 Å². The smallest absolute Gasteiger partial charge is 0.394 e. The fourth-order valence-electron chi connectivity index (χ4n) is 6.06. The molecule has 7 heteroatoms. The summed E-state index contributed by atoms with van der Waals surface area (Å²) in [4.78, 5) is 12.4. The van der Waals surface area contributed by atoms with Crippen LogP contribution in [-0.2, 0) is 16.7 Å². The number of unbranched alkanes of at least 4 members (excludes halogenated alkanes) is 2. The summed E-state index contributed by atoms with van der Waals surface area (Å²) in [5.41, 5.74) is 0.382. The lowest BCUT2D eigenvalue weighted by Gasteiger charge is -2.54. The van der Waals surface area contributed by atoms with Gasteiger partial charge in [0.05, 0.1) is 14.8 Å². The summed E-state index contributed by atoms with van der Waals surface area (Å²) in [5, 5.41) is 8.79. The molecule has 3 aliphatic carbocycles. The third-order valence-corrected chi connectivity index (χ3v) is 8.54. The highest BCUT2D eigenvalue weighted by Gasteiger charge is 2.61. The van der Waals surface area contributed by atoms with Crippen LogP contribution in [0.3, 0.4) is 0 Å². The van der Waals surface area contributed by atoms with Crippen LogP contribution < -0.4 is 9.64 Å². The Kier molecular flexibility index (Phi) is 7.80. The molecule has 208 valence electrons. The van der Waals surface area contributed by atoms with Gasteiger partial charge in [-0.25, -0.2) is 0 Å². The first kappa shape index (κ1) is 25.6. The van der Waals surface area contributed by atoms with E-state index in [2.05, 4.69) is 0 Å². The lowest BCUT2D eigenvalue weighted by Crippen LogP contribution is -2.51. The van der Waals surface area contributed by atoms with Crippen molar-refractivity contribution in [2.24, 2.45) is 5.41 Å². The summed E-state index contributed by atoms with van der Waals surface area (Å²) in [7, 11) is 0. The number of rotatable bonds is 12. The average molecular weight is 534 g/mol. The molecule has 3 saturated carbocycles. The number of hydrogen-bond acceptors (Lipinski definition) is 3. The predicted molar refractivity (Wildman–Crippen MR) is 144 cm³/mol. The summed E-state index contributed by atoms with van der Waals surface area (Å²) in [5.74, 6) is -0.369. The van der Waals surface area contributed by atoms with Crippen molar-refractivity contribution in [2.45, 2.75) is 102 Å². The van der Waals surface area contributed by atoms with Crippen LogP contribution >= 0.6 is 0 Å². The van der Waals surface area contributed by atoms with E-state index in [1.165, 1.54) is 0 Å². The van der Waals surface area contributed by atoms with Crippen LogP contribution in [0.15, 0.2) is 48.5 Å². The average Bonchev–Trinajstić information content (AvgIpc) is 2.91. The summed E-state index contributed by atoms with van der Waals surface area (Å²) >= 11 is 0. The van der Waals surface area contributed by atoms with Crippen molar-refractivity contribution in [3.05, 3.63) is 59.7 Å². The van der Waals surface area contributed by atoms with Crippen LogP contribution in [0.1, 0.15) is 91.9 Å². The van der Waals surface area contributed by atoms with Gasteiger partial charge in [-0.1, -0.05) is 30.3 Å². The van der Waals surface area contributed by atoms with Crippen molar-refractivity contribution in [3.8, 4) is 5.75 Å². The van der Waals surface area contributed by atoms with Gasteiger partial charge in [-0.05, 0) is 101 Å². The minimum atomic E-state index is -4.15. The Labute approximate surface area is 227 Å². The zero-order valence-corrected chi connectivity index (χ0v) is 22.3. The Bertz CT molecular complexity index is 1140. The molecule has 0 radical (unpaired) electrons. The number of nitrogens with zero attached hydrogens (tertiary/aromatic N) is 1. The fourth-order valence-corrected chi connectivity index (χ4v) is 6.06. The van der Waals surface area contributed by atoms with Gasteiger partial charge in [-0.3, -0.25) is 4.79 Å². The van der Waals surface area contributed by atoms with E-state index in [4.69, 9.17) is 9.84 Å². The second-order valence-corrected chi connectivity index (χ2v) is 11.2. The van der Waals surface area contributed by atoms with Gasteiger partial charge in [0.2, 0.25) is 0 Å². The first-order valence-electron chi connectivity index (χ1n) is 14.7. The Morgan fingerprint density at radius 2 is 1.63 bits per heavy atom. The van der Waals surface area contributed by atoms with Crippen molar-refractivity contribution in [1.29, 1.82) is 0 Å². The van der Waals surface area contributed by atoms with E-state index in [1.54, 1.807) is 29.2 Å². The predicted octanol–water partition coefficient (Wildman–Crippen LogP) is 8.28. The first-order valence-corrected chi connectivity index (χ1v) is 13.7. The van der Waals surface area contributed by atoms with Crippen molar-refractivity contribution in [2.75, 3.05) is 11.5 Å². The largest absolute Gasteiger partial charge is 0.493 e. The molecular weight excluding hydrogens is 491 g/mol. The second-order valence-electron chi connectivity index (χ2n) is 11.2. The molecule has 0 aliphatic heterocycles. The Balaban J connectivity index is 1.50. The van der Waals surface area contributed by atoms with Gasteiger partial charge >= 0.3 is 12.1 Å². The van der Waals surface area contributed by atoms with Crippen LogP contribution in [0, 0.1) is 5.41 Å². The van der Waals surface area contributed by atoms with Gasteiger partial charge in [-0.2, -0.15) is 13.2 Å². The van der Waals surface area contributed by atoms with E-state index in [1.807, 2.05) is 38.1 Å². The molecule has 4 nitrogen and oxygen atoms in total. The van der Waals surface area contributed by atoms with Crippen molar-refractivity contribution < 1.29 is 30.6 Å². The van der Waals surface area contributed by atoms with Crippen molar-refractivity contribution >= 4 is 11.7 Å². The topological polar surface area (TPSA) is 49.8 Å². The number of hydrogen-bond donors (Lipinski definition) is 1. The zero-order valence-electron chi connectivity index (χ0n) is 24.3. The normalized spacial score (nSPS) is 24.2. The molecule has 1 N–H and O–H groups in total. The molecule has 0 aromatic heterocycles. The SMILES string of the molecule is [2H]C([2H])(c1ccccc1OCCCCCC(=O)O)N(c1ccc(C23CCC(C(F)(F)F)(CC2)CC3)cc1)C(C)C. The number of carboxylic acid groups (broad SMARTS) is 1. The number of aliphatic carboxylic acids is 1. The van der Waals surface area contributed by atoms with Gasteiger partial charge in [-0.15, -0.1) is 0 Å². The molecule has 0 saturated heterocycles. The molecule has 3 aliphatic rings. The molecule has 2 bridgehead atoms. The lowest BCUT2D eigenvalue weighted by molar-refractivity contribution is -0.253. The number of alkyl halides is 3. The van der Waals surface area contributed by atoms with E-state index in [0.717, 1.165) is 5.56 Å². The molecule has 2 aromatic rings. The summed E-state index contributed by atoms with van der Waals surface area (Å²) in [6.07, 6.45) is 0.0492. The van der Waals surface area contributed by atoms with Crippen LogP contribution in [0.4, 0.5) is 18.9 Å². The quantitative estimate of drug-likeness (QED) is 0.279. The molecule has 0 atom stereocenters. The van der Waals surface area contributed by atoms with Gasteiger partial charge in [0.25, 0.3) is 0 Å². The summed E-state index contributed by atoms with van der Waals surface area (Å²) in [6.45, 7) is 2.31. The second kappa shape index (κ2) is 11.6. The van der Waals surface area contributed by atoms with Crippen LogP contribution in [0.5, 0.6) is 5.75 Å². The number of carbonyl (C=O) groups is 1. The van der Waals surface area contributed by atoms with Crippen LogP contribution in [0.2, 0.25) is 0 Å². The standard InChI is InChI=1S/C31H40F3NO3/c1-23(2)35(22-24-8-5-6-9-27(24)38-21-7-3-4-10-28(36)37)26-13-11-25(12-14-26)29-15-18-30(19-16-29,20-17-29)31(32,33)34/h5-6,8-9,11-14,23H,3-4,7,10,15-22H2,1-2H3,(H,36,37)/i22D2. The maximum atomic E-state index is 13.7. The molecular formula is C31H40F3NO3. The molecule has 2 aromatic carbocycles. The van der Waals surface area contributed by atoms with E-state index in [9.17, 15) is 20.7 Å². The van der Waals surface area contributed by atoms with Crippen molar-refractivity contribution in [3.63, 3.8) is 0 Å². The number of anilines is 1. The molecule has 0 amide bonds. The van der Waals surface area contributed by atoms with E-state index >= 15 is 0 Å². The minimum absolute atomic E-state index is 0.122. The highest BCUT2D eigenvalue weighted by molar-refractivity contribution is 5.66. The van der Waals surface area contributed by atoms with Crippen LogP contribution in [0.25, 0.3) is 0 Å². The minimum Gasteiger partial charge on any atom is -0.493 e. The number of benzene rings is 2. The molecule has 0 spiro atoms. The van der Waals surface area contributed by atoms with Gasteiger partial charge in [0.15, 0.2) is 0 Å². The highest BCUT2D eigenvalue weighted by Crippen LogP contribution is 2.63. The van der Waals surface area contributed by atoms with Crippen molar-refractivity contribution in [1.82, 2.24) is 0 Å². The van der Waals surface area contributed by atoms with E-state index < -0.39 is 24.1 Å². The number of carboxylic acids is 1. The van der Waals surface area contributed by atoms with Gasteiger partial charge in [0.1, 0.15) is 5.75 Å². The molecule has 0 heterocycles. The summed E-state index contributed by atoms with van der Waals surface area (Å²) in [6, 6.07) is 14.6. The Morgan fingerprint density at radius 1 is 1.00 bits per heavy atom. The first-order chi connectivity index (χ1) is 18.8. The molecule has 3 fully saturated rings. The van der Waals surface area contributed by atoms with Gasteiger partial charge in [0, 0.05) is 30.2 Å². The van der Waals surface area contributed by atoms with Crippen LogP contribution in [-0.4, -0.2) is 29.9 Å². The molecule has 0 unspecified atom stereocenters. The molecule has 5 rings (SSSR count). The maximum absolute atomic E-state index is 13.7. The number of fused-ring (bicyclic) bond motifs is 3. The number of ether oxygens (including phenoxy) is 1. The zero-order chi connectivity index (χ0) is 29.2. The van der Waals surface area contributed by atoms with E-state index in [-0.39, 0.29) is 37.1 Å². The third kappa shape index (κ3) is 6.13. The third-order valence-electron chi connectivity index (χ3n) is 8.54. The number of halogens is 3. The number of para-hydroxylation sites is 1. The highest BCUT2D eigenvalue weighted by atomic mass is 19.4. The van der Waals surface area contributed by atoms with Gasteiger partial charge < -0.3 is 14.7 Å². The molecule has 38 heavy (non-hydrogen) atoms. The monoisotopic (exact) mass is 533 g/mol.